The number of anilines is 2. The van der Waals surface area contributed by atoms with E-state index in [9.17, 15) is 22.8 Å². The third kappa shape index (κ3) is 4.29. The van der Waals surface area contributed by atoms with Gasteiger partial charge in [-0.05, 0) is 55.3 Å². The Bertz CT molecular complexity index is 1090. The maximum atomic E-state index is 13.8. The van der Waals surface area contributed by atoms with Gasteiger partial charge in [-0.2, -0.15) is 0 Å². The Morgan fingerprint density at radius 1 is 0.724 bits per heavy atom. The molecular formula is C22H17F3N2O2. The quantitative estimate of drug-likeness (QED) is 0.592. The van der Waals surface area contributed by atoms with Crippen LogP contribution in [0.4, 0.5) is 24.5 Å². The summed E-state index contributed by atoms with van der Waals surface area (Å²) < 4.78 is 40.1. The van der Waals surface area contributed by atoms with Crippen LogP contribution < -0.4 is 10.6 Å². The molecule has 0 saturated carbocycles. The zero-order valence-electron chi connectivity index (χ0n) is 15.6. The van der Waals surface area contributed by atoms with E-state index in [-0.39, 0.29) is 11.1 Å². The van der Waals surface area contributed by atoms with Gasteiger partial charge in [-0.3, -0.25) is 9.59 Å². The summed E-state index contributed by atoms with van der Waals surface area (Å²) >= 11 is 0. The van der Waals surface area contributed by atoms with E-state index in [1.54, 1.807) is 0 Å². The molecule has 0 aliphatic carbocycles. The summed E-state index contributed by atoms with van der Waals surface area (Å²) in [5.41, 5.74) is 2.23. The van der Waals surface area contributed by atoms with Gasteiger partial charge in [0.2, 0.25) is 0 Å². The standard InChI is InChI=1S/C22H17F3N2O2/c1-12-5-3-6-13(2)20(12)27-22(29)15-8-4-7-14(11-15)21(28)26-17-10-9-16(23)18(24)19(17)25/h3-11H,1-2H3,(H,26,28)(H,27,29). The molecule has 2 N–H and O–H groups in total. The summed E-state index contributed by atoms with van der Waals surface area (Å²) in [6.45, 7) is 3.73. The number of nitrogens with one attached hydrogen (secondary N) is 2. The van der Waals surface area contributed by atoms with E-state index in [1.807, 2.05) is 32.0 Å². The zero-order valence-corrected chi connectivity index (χ0v) is 15.6. The molecule has 0 aliphatic rings. The Labute approximate surface area is 165 Å². The smallest absolute Gasteiger partial charge is 0.255 e. The number of aryl methyl sites for hydroxylation is 2. The van der Waals surface area contributed by atoms with E-state index in [1.165, 1.54) is 24.3 Å². The summed E-state index contributed by atoms with van der Waals surface area (Å²) in [4.78, 5) is 25.0. The highest BCUT2D eigenvalue weighted by Gasteiger charge is 2.17. The van der Waals surface area contributed by atoms with Crippen molar-refractivity contribution < 1.29 is 22.8 Å². The molecule has 0 atom stereocenters. The summed E-state index contributed by atoms with van der Waals surface area (Å²) in [6.07, 6.45) is 0. The molecule has 2 amide bonds. The first-order valence-electron chi connectivity index (χ1n) is 8.70. The van der Waals surface area contributed by atoms with E-state index >= 15 is 0 Å². The van der Waals surface area contributed by atoms with Crippen LogP contribution in [0.5, 0.6) is 0 Å². The maximum absolute atomic E-state index is 13.8. The molecule has 0 radical (unpaired) electrons. The first-order valence-corrected chi connectivity index (χ1v) is 8.70. The fraction of sp³-hybridized carbons (Fsp3) is 0.0909. The van der Waals surface area contributed by atoms with Gasteiger partial charge in [-0.15, -0.1) is 0 Å². The van der Waals surface area contributed by atoms with E-state index in [2.05, 4.69) is 10.6 Å². The normalized spacial score (nSPS) is 10.5. The molecule has 3 aromatic rings. The number of halogens is 3. The van der Waals surface area contributed by atoms with Crippen molar-refractivity contribution in [2.75, 3.05) is 10.6 Å². The van der Waals surface area contributed by atoms with Gasteiger partial charge in [0, 0.05) is 16.8 Å². The summed E-state index contributed by atoms with van der Waals surface area (Å²) in [6, 6.07) is 13.0. The molecule has 148 valence electrons. The van der Waals surface area contributed by atoms with Crippen LogP contribution in [0, 0.1) is 31.3 Å². The predicted octanol–water partition coefficient (Wildman–Crippen LogP) is 5.23. The van der Waals surface area contributed by atoms with Crippen molar-refractivity contribution in [2.45, 2.75) is 13.8 Å². The van der Waals surface area contributed by atoms with Crippen LogP contribution in [0.1, 0.15) is 31.8 Å². The molecule has 3 rings (SSSR count). The first kappa shape index (κ1) is 20.1. The van der Waals surface area contributed by atoms with Crippen molar-refractivity contribution in [3.8, 4) is 0 Å². The highest BCUT2D eigenvalue weighted by Crippen LogP contribution is 2.22. The lowest BCUT2D eigenvalue weighted by atomic mass is 10.1. The van der Waals surface area contributed by atoms with E-state index in [0.29, 0.717) is 11.8 Å². The molecular weight excluding hydrogens is 381 g/mol. The molecule has 0 fully saturated rings. The highest BCUT2D eigenvalue weighted by atomic mass is 19.2. The van der Waals surface area contributed by atoms with Gasteiger partial charge in [0.15, 0.2) is 17.5 Å². The van der Waals surface area contributed by atoms with Crippen molar-refractivity contribution in [3.05, 3.63) is 94.3 Å². The van der Waals surface area contributed by atoms with Crippen molar-refractivity contribution in [1.29, 1.82) is 0 Å². The number of carbonyl (C=O) groups excluding carboxylic acids is 2. The lowest BCUT2D eigenvalue weighted by molar-refractivity contribution is 0.102. The van der Waals surface area contributed by atoms with Crippen LogP contribution in [0.3, 0.4) is 0 Å². The Hall–Kier alpha value is -3.61. The van der Waals surface area contributed by atoms with Crippen LogP contribution in [0.2, 0.25) is 0 Å². The van der Waals surface area contributed by atoms with Gasteiger partial charge < -0.3 is 10.6 Å². The van der Waals surface area contributed by atoms with Crippen molar-refractivity contribution in [1.82, 2.24) is 0 Å². The molecule has 0 bridgehead atoms. The van der Waals surface area contributed by atoms with Gasteiger partial charge in [0.25, 0.3) is 11.8 Å². The molecule has 0 unspecified atom stereocenters. The van der Waals surface area contributed by atoms with E-state index < -0.39 is 35.0 Å². The Balaban J connectivity index is 1.81. The SMILES string of the molecule is Cc1cccc(C)c1NC(=O)c1cccc(C(=O)Nc2ccc(F)c(F)c2F)c1. The molecule has 3 aromatic carbocycles. The van der Waals surface area contributed by atoms with Gasteiger partial charge in [-0.1, -0.05) is 24.3 Å². The second-order valence-electron chi connectivity index (χ2n) is 6.48. The van der Waals surface area contributed by atoms with Crippen molar-refractivity contribution in [2.24, 2.45) is 0 Å². The van der Waals surface area contributed by atoms with E-state index in [4.69, 9.17) is 0 Å². The van der Waals surface area contributed by atoms with Crippen LogP contribution in [0.15, 0.2) is 54.6 Å². The molecule has 7 heteroatoms. The molecule has 0 aromatic heterocycles. The third-order valence-electron chi connectivity index (χ3n) is 4.39. The average molecular weight is 398 g/mol. The van der Waals surface area contributed by atoms with Gasteiger partial charge in [0.05, 0.1) is 5.69 Å². The van der Waals surface area contributed by atoms with Crippen LogP contribution in [-0.2, 0) is 0 Å². The average Bonchev–Trinajstić information content (AvgIpc) is 2.71. The predicted molar refractivity (Wildman–Crippen MR) is 105 cm³/mol. The zero-order chi connectivity index (χ0) is 21.1. The van der Waals surface area contributed by atoms with Crippen molar-refractivity contribution in [3.63, 3.8) is 0 Å². The fourth-order valence-electron chi connectivity index (χ4n) is 2.82. The number of hydrogen-bond donors (Lipinski definition) is 2. The number of amides is 2. The Kier molecular flexibility index (Phi) is 5.68. The number of benzene rings is 3. The van der Waals surface area contributed by atoms with Gasteiger partial charge in [-0.25, -0.2) is 13.2 Å². The summed E-state index contributed by atoms with van der Waals surface area (Å²) in [5.74, 6) is -5.72. The molecule has 0 spiro atoms. The minimum atomic E-state index is -1.68. The lowest BCUT2D eigenvalue weighted by Crippen LogP contribution is -2.17. The maximum Gasteiger partial charge on any atom is 0.255 e. The topological polar surface area (TPSA) is 58.2 Å². The molecule has 29 heavy (non-hydrogen) atoms. The number of hydrogen-bond acceptors (Lipinski definition) is 2. The second kappa shape index (κ2) is 8.18. The highest BCUT2D eigenvalue weighted by molar-refractivity contribution is 6.09. The van der Waals surface area contributed by atoms with Crippen LogP contribution in [-0.4, -0.2) is 11.8 Å². The molecule has 4 nitrogen and oxygen atoms in total. The second-order valence-corrected chi connectivity index (χ2v) is 6.48. The lowest BCUT2D eigenvalue weighted by Gasteiger charge is -2.12. The number of carbonyl (C=O) groups is 2. The largest absolute Gasteiger partial charge is 0.322 e. The summed E-state index contributed by atoms with van der Waals surface area (Å²) in [5, 5.41) is 4.99. The van der Waals surface area contributed by atoms with Gasteiger partial charge in [0.1, 0.15) is 0 Å². The van der Waals surface area contributed by atoms with Crippen LogP contribution >= 0.6 is 0 Å². The van der Waals surface area contributed by atoms with Gasteiger partial charge >= 0.3 is 0 Å². The summed E-state index contributed by atoms with van der Waals surface area (Å²) in [7, 11) is 0. The minimum absolute atomic E-state index is 0.0586. The Morgan fingerprint density at radius 2 is 1.28 bits per heavy atom. The first-order chi connectivity index (χ1) is 13.8. The number of para-hydroxylation sites is 1. The molecule has 0 saturated heterocycles. The molecule has 0 aliphatic heterocycles. The Morgan fingerprint density at radius 3 is 1.90 bits per heavy atom. The monoisotopic (exact) mass is 398 g/mol. The fourth-order valence-corrected chi connectivity index (χ4v) is 2.82. The van der Waals surface area contributed by atoms with Crippen LogP contribution in [0.25, 0.3) is 0 Å². The minimum Gasteiger partial charge on any atom is -0.322 e. The third-order valence-corrected chi connectivity index (χ3v) is 4.39. The van der Waals surface area contributed by atoms with E-state index in [0.717, 1.165) is 17.2 Å². The molecule has 0 heterocycles. The van der Waals surface area contributed by atoms with Crippen molar-refractivity contribution >= 4 is 23.2 Å². The number of rotatable bonds is 4.